The maximum absolute atomic E-state index is 12.8. The first-order valence-electron chi connectivity index (χ1n) is 4.89. The lowest BCUT2D eigenvalue weighted by Crippen LogP contribution is -2.11. The van der Waals surface area contributed by atoms with Crippen molar-refractivity contribution in [2.24, 2.45) is 0 Å². The summed E-state index contributed by atoms with van der Waals surface area (Å²) < 4.78 is 44.0. The fourth-order valence-corrected chi connectivity index (χ4v) is 1.82. The minimum Gasteiger partial charge on any atom is -0.451 e. The van der Waals surface area contributed by atoms with Gasteiger partial charge < -0.3 is 4.74 Å². The van der Waals surface area contributed by atoms with Crippen molar-refractivity contribution in [3.8, 4) is 11.5 Å². The summed E-state index contributed by atoms with van der Waals surface area (Å²) >= 11 is 8.81. The van der Waals surface area contributed by atoms with E-state index in [0.717, 1.165) is 6.33 Å². The van der Waals surface area contributed by atoms with Crippen LogP contribution < -0.4 is 4.74 Å². The van der Waals surface area contributed by atoms with Gasteiger partial charge in [-0.05, 0) is 28.1 Å². The van der Waals surface area contributed by atoms with Crippen LogP contribution in [0.4, 0.5) is 13.2 Å². The van der Waals surface area contributed by atoms with Gasteiger partial charge >= 0.3 is 6.18 Å². The van der Waals surface area contributed by atoms with Gasteiger partial charge in [-0.15, -0.1) is 0 Å². The molecule has 0 aliphatic carbocycles. The second-order valence-electron chi connectivity index (χ2n) is 3.37. The third-order valence-corrected chi connectivity index (χ3v) is 3.00. The maximum atomic E-state index is 12.8. The first-order valence-corrected chi connectivity index (χ1v) is 6.07. The molecule has 0 radical (unpaired) electrons. The van der Waals surface area contributed by atoms with Gasteiger partial charge in [0.2, 0.25) is 0 Å². The van der Waals surface area contributed by atoms with E-state index in [0.29, 0.717) is 4.47 Å². The molecule has 1 aromatic carbocycles. The minimum atomic E-state index is -4.68. The van der Waals surface area contributed by atoms with Crippen LogP contribution in [0.15, 0.2) is 35.1 Å². The Morgan fingerprint density at radius 1 is 1.16 bits per heavy atom. The van der Waals surface area contributed by atoms with Gasteiger partial charge in [0.25, 0.3) is 0 Å². The van der Waals surface area contributed by atoms with Gasteiger partial charge in [-0.2, -0.15) is 13.2 Å². The van der Waals surface area contributed by atoms with E-state index in [2.05, 4.69) is 25.9 Å². The highest BCUT2D eigenvalue weighted by Crippen LogP contribution is 2.40. The molecule has 1 aromatic heterocycles. The van der Waals surface area contributed by atoms with Crippen LogP contribution >= 0.6 is 27.5 Å². The first-order chi connectivity index (χ1) is 8.89. The number of para-hydroxylation sites is 1. The van der Waals surface area contributed by atoms with Gasteiger partial charge in [0, 0.05) is 0 Å². The van der Waals surface area contributed by atoms with Crippen LogP contribution in [0.1, 0.15) is 5.69 Å². The monoisotopic (exact) mass is 352 g/mol. The molecule has 0 fully saturated rings. The zero-order valence-electron chi connectivity index (χ0n) is 9.08. The number of alkyl halides is 3. The molecule has 2 rings (SSSR count). The third kappa shape index (κ3) is 3.16. The van der Waals surface area contributed by atoms with E-state index in [4.69, 9.17) is 16.3 Å². The predicted octanol–water partition coefficient (Wildman–Crippen LogP) is 4.70. The minimum absolute atomic E-state index is 0.185. The van der Waals surface area contributed by atoms with E-state index in [9.17, 15) is 13.2 Å². The van der Waals surface area contributed by atoms with Crippen LogP contribution in [0.5, 0.6) is 11.5 Å². The van der Waals surface area contributed by atoms with Crippen molar-refractivity contribution in [2.45, 2.75) is 6.18 Å². The molecule has 0 N–H and O–H groups in total. The molecule has 19 heavy (non-hydrogen) atoms. The average Bonchev–Trinajstić information content (AvgIpc) is 2.33. The predicted molar refractivity (Wildman–Crippen MR) is 66.3 cm³/mol. The fourth-order valence-electron chi connectivity index (χ4n) is 1.28. The normalized spacial score (nSPS) is 11.4. The topological polar surface area (TPSA) is 35.0 Å². The van der Waals surface area contributed by atoms with Gasteiger partial charge in [0.15, 0.2) is 16.6 Å². The second kappa shape index (κ2) is 5.34. The van der Waals surface area contributed by atoms with Crippen molar-refractivity contribution >= 4 is 27.5 Å². The Kier molecular flexibility index (Phi) is 3.96. The molecule has 2 aromatic rings. The number of benzene rings is 1. The highest BCUT2D eigenvalue weighted by atomic mass is 79.9. The summed E-state index contributed by atoms with van der Waals surface area (Å²) in [6, 6.07) is 6.43. The maximum Gasteiger partial charge on any atom is 0.437 e. The molecular formula is C11H5BrClF3N2O. The summed E-state index contributed by atoms with van der Waals surface area (Å²) in [6.45, 7) is 0. The lowest BCUT2D eigenvalue weighted by Gasteiger charge is -2.13. The molecule has 100 valence electrons. The molecule has 0 bridgehead atoms. The Bertz CT molecular complexity index is 607. The van der Waals surface area contributed by atoms with Crippen LogP contribution in [0, 0.1) is 0 Å². The first kappa shape index (κ1) is 14.1. The third-order valence-electron chi connectivity index (χ3n) is 2.08. The van der Waals surface area contributed by atoms with Gasteiger partial charge in [-0.25, -0.2) is 9.97 Å². The van der Waals surface area contributed by atoms with Crippen LogP contribution in [0.25, 0.3) is 0 Å². The van der Waals surface area contributed by atoms with Gasteiger partial charge in [-0.1, -0.05) is 23.7 Å². The van der Waals surface area contributed by atoms with Crippen LogP contribution in [-0.2, 0) is 6.18 Å². The number of rotatable bonds is 2. The van der Waals surface area contributed by atoms with E-state index in [-0.39, 0.29) is 5.75 Å². The van der Waals surface area contributed by atoms with E-state index in [1.54, 1.807) is 18.2 Å². The van der Waals surface area contributed by atoms with Crippen molar-refractivity contribution in [1.82, 2.24) is 9.97 Å². The van der Waals surface area contributed by atoms with Crippen molar-refractivity contribution < 1.29 is 17.9 Å². The van der Waals surface area contributed by atoms with E-state index < -0.39 is 22.8 Å². The number of hydrogen-bond donors (Lipinski definition) is 0. The van der Waals surface area contributed by atoms with Crippen molar-refractivity contribution in [3.05, 3.63) is 45.9 Å². The summed E-state index contributed by atoms with van der Waals surface area (Å²) in [5, 5.41) is -0.405. The lowest BCUT2D eigenvalue weighted by atomic mass is 10.3. The number of aromatic nitrogens is 2. The van der Waals surface area contributed by atoms with E-state index in [1.807, 2.05) is 0 Å². The molecule has 1 heterocycles. The molecule has 8 heteroatoms. The molecular weight excluding hydrogens is 348 g/mol. The van der Waals surface area contributed by atoms with Gasteiger partial charge in [-0.3, -0.25) is 0 Å². The molecule has 0 aliphatic heterocycles. The standard InChI is InChI=1S/C11H5BrClF3N2O/c12-6-3-1-2-4-7(6)19-8-9(11(14,15)16)17-5-18-10(8)13/h1-5H. The molecule has 0 unspecified atom stereocenters. The Morgan fingerprint density at radius 3 is 2.47 bits per heavy atom. The van der Waals surface area contributed by atoms with E-state index in [1.165, 1.54) is 6.07 Å². The van der Waals surface area contributed by atoms with Crippen molar-refractivity contribution in [3.63, 3.8) is 0 Å². The van der Waals surface area contributed by atoms with E-state index >= 15 is 0 Å². The van der Waals surface area contributed by atoms with Crippen LogP contribution in [0.3, 0.4) is 0 Å². The van der Waals surface area contributed by atoms with Gasteiger partial charge in [0.1, 0.15) is 12.1 Å². The Labute approximate surface area is 119 Å². The molecule has 3 nitrogen and oxygen atoms in total. The molecule has 0 amide bonds. The van der Waals surface area contributed by atoms with Crippen LogP contribution in [0.2, 0.25) is 5.15 Å². The Balaban J connectivity index is 2.48. The number of hydrogen-bond acceptors (Lipinski definition) is 3. The zero-order chi connectivity index (χ0) is 14.0. The summed E-state index contributed by atoms with van der Waals surface area (Å²) in [4.78, 5) is 6.67. The quantitative estimate of drug-likeness (QED) is 0.734. The number of nitrogens with zero attached hydrogens (tertiary/aromatic N) is 2. The summed E-state index contributed by atoms with van der Waals surface area (Å²) in [5.74, 6) is -0.437. The second-order valence-corrected chi connectivity index (χ2v) is 4.58. The smallest absolute Gasteiger partial charge is 0.437 e. The molecule has 0 saturated heterocycles. The zero-order valence-corrected chi connectivity index (χ0v) is 11.4. The molecule has 0 atom stereocenters. The summed E-state index contributed by atoms with van der Waals surface area (Å²) in [5.41, 5.74) is -1.22. The summed E-state index contributed by atoms with van der Waals surface area (Å²) in [7, 11) is 0. The van der Waals surface area contributed by atoms with Gasteiger partial charge in [0.05, 0.1) is 4.47 Å². The molecule has 0 aliphatic rings. The fraction of sp³-hybridized carbons (Fsp3) is 0.0909. The summed E-state index contributed by atoms with van der Waals surface area (Å²) in [6.07, 6.45) is -3.94. The number of halogens is 5. The highest BCUT2D eigenvalue weighted by Gasteiger charge is 2.38. The van der Waals surface area contributed by atoms with Crippen LogP contribution in [-0.4, -0.2) is 9.97 Å². The van der Waals surface area contributed by atoms with Crippen molar-refractivity contribution in [1.29, 1.82) is 0 Å². The molecule has 0 spiro atoms. The Morgan fingerprint density at radius 2 is 1.84 bits per heavy atom. The largest absolute Gasteiger partial charge is 0.451 e. The Hall–Kier alpha value is -1.34. The SMILES string of the molecule is FC(F)(F)c1ncnc(Cl)c1Oc1ccccc1Br. The lowest BCUT2D eigenvalue weighted by molar-refractivity contribution is -0.142. The van der Waals surface area contributed by atoms with Crippen molar-refractivity contribution in [2.75, 3.05) is 0 Å². The molecule has 0 saturated carbocycles. The highest BCUT2D eigenvalue weighted by molar-refractivity contribution is 9.10. The number of ether oxygens (including phenoxy) is 1. The average molecular weight is 354 g/mol.